The molecule has 20 aromatic rings. The average Bonchev–Trinajstić information content (AvgIpc) is 0.765. The van der Waals surface area contributed by atoms with E-state index >= 15 is 0 Å². The van der Waals surface area contributed by atoms with Crippen LogP contribution in [0.5, 0.6) is 17.2 Å². The molecule has 0 bridgehead atoms. The minimum atomic E-state index is -6.03. The molecule has 2 aromatic heterocycles. The molecule has 0 radical (unpaired) electrons. The number of hydrogen-bond donors (Lipinski definition) is 2. The van der Waals surface area contributed by atoms with Crippen LogP contribution in [0.25, 0.3) is 43.5 Å². The number of ether oxygens (including phenoxy) is 2. The van der Waals surface area contributed by atoms with E-state index in [1.807, 2.05) is 80.6 Å². The van der Waals surface area contributed by atoms with Crippen LogP contribution in [0.1, 0.15) is 80.6 Å². The van der Waals surface area contributed by atoms with Gasteiger partial charge in [-0.2, -0.15) is 21.6 Å². The quantitative estimate of drug-likeness (QED) is 0.0195. The van der Waals surface area contributed by atoms with Crippen LogP contribution >= 0.6 is 31.7 Å². The summed E-state index contributed by atoms with van der Waals surface area (Å²) in [7, 11) is -7.82. The molecule has 0 spiro atoms. The van der Waals surface area contributed by atoms with Crippen molar-refractivity contribution in [3.63, 3.8) is 0 Å². The Hall–Kier alpha value is -14.5. The number of aliphatic hydroxyl groups is 2. The summed E-state index contributed by atoms with van der Waals surface area (Å²) < 4.78 is 90.1. The van der Waals surface area contributed by atoms with Gasteiger partial charge in [0.1, 0.15) is 52.8 Å². The molecule has 147 heavy (non-hydrogen) atoms. The van der Waals surface area contributed by atoms with Gasteiger partial charge < -0.3 is 32.7 Å². The molecule has 2 N–H and O–H groups in total. The zero-order chi connectivity index (χ0) is 102. The first-order valence-electron chi connectivity index (χ1n) is 47.6. The van der Waals surface area contributed by atoms with Crippen LogP contribution in [0.4, 0.5) is 13.2 Å². The maximum absolute atomic E-state index is 13.0. The molecule has 0 fully saturated rings. The van der Waals surface area contributed by atoms with Crippen molar-refractivity contribution in [2.75, 3.05) is 13.2 Å². The predicted octanol–water partition coefficient (Wildman–Crippen LogP) is 25.0. The van der Waals surface area contributed by atoms with Gasteiger partial charge in [0, 0.05) is 81.0 Å². The SMILES string of the molecule is C#CCCO.CC(C)c1cc(=O)c2c(C#CCCO)cc(OCc3cccc4ccccc34)cc2o1.CC(C)c1cc(=O)c2c(OS(=O)(=O)C(F)(F)F)cc(OCc3cccc4ccccc34)cc2o1.[Pd].c1ccc(P(c2ccccc2)c2ccccc2)cc1.c1ccc(P(c2ccccc2)c2ccccc2)cc1.c1ccc(P(c2ccccc2)c2ccccc2)cc1.c1ccc(P(c2ccccc2)c2ccccc2)cc1. The van der Waals surface area contributed by atoms with E-state index < -0.39 is 63.9 Å². The fourth-order valence-electron chi connectivity index (χ4n) is 15.7. The number of aliphatic hydroxyl groups excluding tert-OH is 2. The van der Waals surface area contributed by atoms with Crippen LogP contribution in [-0.2, 0) is 43.8 Å². The zero-order valence-corrected chi connectivity index (χ0v) is 87.3. The fourth-order valence-corrected chi connectivity index (χ4v) is 25.4. The molecule has 0 aliphatic heterocycles. The third-order valence-corrected chi connectivity index (χ3v) is 33.4. The minimum Gasteiger partial charge on any atom is -0.489 e. The van der Waals surface area contributed by atoms with Crippen molar-refractivity contribution >= 4 is 149 Å². The topological polar surface area (TPSA) is 163 Å². The van der Waals surface area contributed by atoms with Gasteiger partial charge in [-0.15, -0.1) is 12.3 Å². The normalized spacial score (nSPS) is 10.9. The molecule has 0 unspecified atom stereocenters. The van der Waals surface area contributed by atoms with Gasteiger partial charge in [-0.1, -0.05) is 488 Å². The number of alkyl halides is 3. The first-order valence-corrected chi connectivity index (χ1v) is 54.4. The predicted molar refractivity (Wildman–Crippen MR) is 605 cm³/mol. The van der Waals surface area contributed by atoms with Gasteiger partial charge in [0.2, 0.25) is 0 Å². The molecule has 0 atom stereocenters. The molecule has 0 aliphatic carbocycles. The van der Waals surface area contributed by atoms with Crippen LogP contribution < -0.4 is 88.2 Å². The number of rotatable bonds is 24. The molecule has 20 rings (SSSR count). The number of fused-ring (bicyclic) bond motifs is 4. The van der Waals surface area contributed by atoms with Gasteiger partial charge >= 0.3 is 15.6 Å². The van der Waals surface area contributed by atoms with Crippen LogP contribution in [-0.4, -0.2) is 37.4 Å². The summed E-state index contributed by atoms with van der Waals surface area (Å²) in [5.74, 6) is 8.66. The Kier molecular flexibility index (Phi) is 42.0. The van der Waals surface area contributed by atoms with Gasteiger partial charge in [0.25, 0.3) is 0 Å². The van der Waals surface area contributed by atoms with Crippen molar-refractivity contribution in [2.45, 2.75) is 71.1 Å². The third-order valence-electron chi connectivity index (χ3n) is 22.7. The van der Waals surface area contributed by atoms with Gasteiger partial charge in [-0.05, 0) is 134 Å². The largest absolute Gasteiger partial charge is 0.534 e. The zero-order valence-electron chi connectivity index (χ0n) is 81.4. The molecule has 2 heterocycles. The first-order chi connectivity index (χ1) is 71.2. The van der Waals surface area contributed by atoms with E-state index in [2.05, 4.69) is 404 Å². The second-order valence-electron chi connectivity index (χ2n) is 33.6. The van der Waals surface area contributed by atoms with Crippen molar-refractivity contribution in [1.29, 1.82) is 0 Å². The smallest absolute Gasteiger partial charge is 0.489 e. The summed E-state index contributed by atoms with van der Waals surface area (Å²) >= 11 is 0. The second kappa shape index (κ2) is 56.2. The number of benzene rings is 18. The van der Waals surface area contributed by atoms with Crippen LogP contribution in [0.3, 0.4) is 0 Å². The average molecular weight is 2130 g/mol. The summed E-state index contributed by atoms with van der Waals surface area (Å²) in [6.07, 6.45) is 5.53. The third kappa shape index (κ3) is 31.0. The van der Waals surface area contributed by atoms with E-state index in [1.54, 1.807) is 26.0 Å². The summed E-state index contributed by atoms with van der Waals surface area (Å²) in [6, 6.07) is 165. The number of terminal acetylenes is 1. The number of hydrogen-bond acceptors (Lipinski definition) is 11. The first kappa shape index (κ1) is 110. The monoisotopic (exact) mass is 2130 g/mol. The van der Waals surface area contributed by atoms with Gasteiger partial charge in [-0.25, -0.2) is 0 Å². The van der Waals surface area contributed by atoms with Crippen LogP contribution in [0.15, 0.2) is 504 Å². The van der Waals surface area contributed by atoms with Gasteiger partial charge in [0.15, 0.2) is 16.6 Å². The molecule has 11 nitrogen and oxygen atoms in total. The van der Waals surface area contributed by atoms with Gasteiger partial charge in [0.05, 0.1) is 18.6 Å². The molecular weight excluding hydrogens is 2020 g/mol. The van der Waals surface area contributed by atoms with E-state index in [1.165, 1.54) is 75.8 Å². The summed E-state index contributed by atoms with van der Waals surface area (Å²) in [4.78, 5) is 25.4. The summed E-state index contributed by atoms with van der Waals surface area (Å²) in [6.45, 7) is 7.95. The maximum Gasteiger partial charge on any atom is 0.534 e. The summed E-state index contributed by atoms with van der Waals surface area (Å²) in [5, 5.41) is 37.9. The van der Waals surface area contributed by atoms with Crippen LogP contribution in [0, 0.1) is 24.2 Å². The second-order valence-corrected chi connectivity index (χ2v) is 44.1. The molecule has 740 valence electrons. The molecular formula is C127H109F3O11P4PdS. The molecule has 0 saturated heterocycles. The van der Waals surface area contributed by atoms with E-state index in [4.69, 9.17) is 34.9 Å². The van der Waals surface area contributed by atoms with Crippen molar-refractivity contribution in [1.82, 2.24) is 0 Å². The Morgan fingerprint density at radius 1 is 0.333 bits per heavy atom. The molecule has 20 heteroatoms. The van der Waals surface area contributed by atoms with Crippen LogP contribution in [0.2, 0.25) is 0 Å². The van der Waals surface area contributed by atoms with E-state index in [0.29, 0.717) is 47.5 Å². The van der Waals surface area contributed by atoms with E-state index in [0.717, 1.165) is 44.8 Å². The molecule has 0 saturated carbocycles. The van der Waals surface area contributed by atoms with E-state index in [-0.39, 0.29) is 74.6 Å². The van der Waals surface area contributed by atoms with Crippen molar-refractivity contribution < 1.29 is 74.7 Å². The van der Waals surface area contributed by atoms with Crippen molar-refractivity contribution in [3.05, 3.63) is 534 Å². The molecule has 0 aliphatic rings. The Labute approximate surface area is 876 Å². The van der Waals surface area contributed by atoms with Crippen molar-refractivity contribution in [2.24, 2.45) is 0 Å². The summed E-state index contributed by atoms with van der Waals surface area (Å²) in [5.41, 5.74) is -3.83. The van der Waals surface area contributed by atoms with Gasteiger partial charge in [-0.3, -0.25) is 9.59 Å². The Bertz CT molecular complexity index is 7010. The van der Waals surface area contributed by atoms with Crippen molar-refractivity contribution in [3.8, 4) is 41.4 Å². The standard InChI is InChI=1S/C27H24O4.C24H19F3O6S.4C18H15P.C4H6O.Pd/c1-18(2)25-16-24(29)27-20(9-5-6-13-28)14-22(15-26(27)31-25)30-17-21-11-7-10-19-8-3-4-12-23(19)21;1-14(2)20-12-19(28)23-21(32-20)10-17(11-22(23)33-34(29,30)24(25,26)27)31-13-16-8-5-7-15-6-3-4-9-18(15)16;4*1-4-10-16(11-5-1)19(17-12-6-2-7-13-17)18-14-8-3-9-15-18;1-2-3-4-5;/h3-4,7-8,10-12,14-16,18,28H,6,13,17H2,1-2H3;3-12,14H,13H2,1-2H3;4*1-15H;1,5H,3-4H2;. The fraction of sp³-hybridized carbons (Fsp3) is 0.102. The Morgan fingerprint density at radius 2 is 0.585 bits per heavy atom. The minimum absolute atomic E-state index is 0. The van der Waals surface area contributed by atoms with E-state index in [9.17, 15) is 31.2 Å². The number of halogens is 3. The Balaban J connectivity index is 0.000000148. The maximum atomic E-state index is 13.0. The Morgan fingerprint density at radius 3 is 0.844 bits per heavy atom. The molecule has 18 aromatic carbocycles. The molecule has 0 amide bonds.